The fourth-order valence-corrected chi connectivity index (χ4v) is 5.00. The normalized spacial score (nSPS) is 14.4. The van der Waals surface area contributed by atoms with Gasteiger partial charge in [-0.15, -0.1) is 0 Å². The lowest BCUT2D eigenvalue weighted by Gasteiger charge is -2.33. The number of rotatable bonds is 7. The fraction of sp³-hybridized carbons (Fsp3) is 0.280. The van der Waals surface area contributed by atoms with Crippen molar-refractivity contribution in [1.82, 2.24) is 19.4 Å². The largest absolute Gasteiger partial charge is 0.383 e. The summed E-state index contributed by atoms with van der Waals surface area (Å²) in [5.41, 5.74) is 1.57. The van der Waals surface area contributed by atoms with E-state index in [0.29, 0.717) is 35.5 Å². The summed E-state index contributed by atoms with van der Waals surface area (Å²) in [4.78, 5) is 33.5. The molecule has 0 atom stereocenters. The van der Waals surface area contributed by atoms with Crippen molar-refractivity contribution in [1.29, 1.82) is 5.26 Å². The first-order chi connectivity index (χ1) is 17.9. The molecular formula is C25H23BrFN5O5S. The highest BCUT2D eigenvalue weighted by molar-refractivity contribution is 9.10. The number of amides is 2. The first kappa shape index (κ1) is 27.4. The molecule has 1 fully saturated rings. The quantitative estimate of drug-likeness (QED) is 0.298. The molecule has 0 bridgehead atoms. The number of piperazine rings is 1. The number of aryl methyl sites for hydroxylation is 1. The summed E-state index contributed by atoms with van der Waals surface area (Å²) in [6, 6.07) is 10.4. The lowest BCUT2D eigenvalue weighted by atomic mass is 10.1. The van der Waals surface area contributed by atoms with Crippen LogP contribution in [0.1, 0.15) is 33.0 Å². The highest BCUT2D eigenvalue weighted by atomic mass is 79.9. The van der Waals surface area contributed by atoms with E-state index in [1.807, 2.05) is 16.4 Å². The molecule has 13 heteroatoms. The van der Waals surface area contributed by atoms with Gasteiger partial charge in [-0.3, -0.25) is 19.4 Å². The number of imidazole rings is 1. The Labute approximate surface area is 227 Å². The minimum Gasteiger partial charge on any atom is -0.383 e. The number of nitriles is 1. The summed E-state index contributed by atoms with van der Waals surface area (Å²) >= 11 is 3.28. The van der Waals surface area contributed by atoms with E-state index in [4.69, 9.17) is 9.44 Å². The minimum atomic E-state index is -3.78. The molecule has 0 spiro atoms. The molecule has 198 valence electrons. The molecule has 0 radical (unpaired) electrons. The zero-order chi connectivity index (χ0) is 27.6. The summed E-state index contributed by atoms with van der Waals surface area (Å²) < 4.78 is 44.2. The van der Waals surface area contributed by atoms with E-state index >= 15 is 0 Å². The molecule has 1 saturated heterocycles. The summed E-state index contributed by atoms with van der Waals surface area (Å²) in [7, 11) is -3.78. The lowest BCUT2D eigenvalue weighted by molar-refractivity contribution is -0.133. The zero-order valence-electron chi connectivity index (χ0n) is 20.5. The molecule has 2 aromatic carbocycles. The SMILES string of the molecule is Cc1ncc(CN2CCN(C(=O)c3cc(OS(C)(=O)=O)ccc3Br)C(=O)C2)n1Cc1ccc(C#N)c(F)c1. The Morgan fingerprint density at radius 3 is 2.63 bits per heavy atom. The van der Waals surface area contributed by atoms with Gasteiger partial charge in [-0.05, 0) is 58.7 Å². The van der Waals surface area contributed by atoms with Gasteiger partial charge in [0.2, 0.25) is 5.91 Å². The molecule has 0 N–H and O–H groups in total. The number of hydrogen-bond acceptors (Lipinski definition) is 8. The van der Waals surface area contributed by atoms with Crippen LogP contribution in [0, 0.1) is 24.1 Å². The van der Waals surface area contributed by atoms with E-state index in [9.17, 15) is 22.4 Å². The molecule has 0 saturated carbocycles. The molecule has 0 unspecified atom stereocenters. The summed E-state index contributed by atoms with van der Waals surface area (Å²) in [6.45, 7) is 3.08. The maximum absolute atomic E-state index is 14.1. The van der Waals surface area contributed by atoms with Gasteiger partial charge in [0.15, 0.2) is 0 Å². The van der Waals surface area contributed by atoms with Gasteiger partial charge in [0.25, 0.3) is 5.91 Å². The molecule has 3 aromatic rings. The van der Waals surface area contributed by atoms with Crippen LogP contribution in [-0.4, -0.2) is 65.5 Å². The second-order valence-electron chi connectivity index (χ2n) is 8.80. The maximum atomic E-state index is 14.1. The van der Waals surface area contributed by atoms with E-state index in [2.05, 4.69) is 20.9 Å². The Balaban J connectivity index is 1.45. The number of carbonyl (C=O) groups excluding carboxylic acids is 2. The van der Waals surface area contributed by atoms with Crippen LogP contribution in [0.5, 0.6) is 5.75 Å². The summed E-state index contributed by atoms with van der Waals surface area (Å²) in [6.07, 6.45) is 2.59. The third kappa shape index (κ3) is 6.27. The van der Waals surface area contributed by atoms with Crippen molar-refractivity contribution in [2.45, 2.75) is 20.0 Å². The van der Waals surface area contributed by atoms with Crippen LogP contribution in [0.15, 0.2) is 47.1 Å². The molecule has 4 rings (SSSR count). The third-order valence-electron chi connectivity index (χ3n) is 5.98. The topological polar surface area (TPSA) is 126 Å². The van der Waals surface area contributed by atoms with Crippen molar-refractivity contribution in [2.24, 2.45) is 0 Å². The fourth-order valence-electron chi connectivity index (χ4n) is 4.13. The van der Waals surface area contributed by atoms with Crippen molar-refractivity contribution in [3.63, 3.8) is 0 Å². The second kappa shape index (κ2) is 11.0. The van der Waals surface area contributed by atoms with Crippen LogP contribution in [-0.2, 0) is 28.0 Å². The average Bonchev–Trinajstić information content (AvgIpc) is 3.18. The van der Waals surface area contributed by atoms with Crippen molar-refractivity contribution in [2.75, 3.05) is 25.9 Å². The van der Waals surface area contributed by atoms with Crippen LogP contribution in [0.25, 0.3) is 0 Å². The maximum Gasteiger partial charge on any atom is 0.306 e. The molecule has 2 amide bonds. The lowest BCUT2D eigenvalue weighted by Crippen LogP contribution is -2.52. The third-order valence-corrected chi connectivity index (χ3v) is 7.17. The highest BCUT2D eigenvalue weighted by Crippen LogP contribution is 2.26. The number of imide groups is 1. The molecule has 1 aromatic heterocycles. The van der Waals surface area contributed by atoms with E-state index < -0.39 is 27.7 Å². The molecule has 1 aliphatic rings. The van der Waals surface area contributed by atoms with Gasteiger partial charge in [0.05, 0.1) is 29.6 Å². The predicted octanol–water partition coefficient (Wildman–Crippen LogP) is 2.84. The van der Waals surface area contributed by atoms with E-state index in [1.165, 1.54) is 30.3 Å². The molecule has 38 heavy (non-hydrogen) atoms. The summed E-state index contributed by atoms with van der Waals surface area (Å²) in [5, 5.41) is 8.95. The zero-order valence-corrected chi connectivity index (χ0v) is 22.9. The standard InChI is InChI=1S/C25H23BrFN5O5S/c1-16-29-12-19(32(16)13-17-3-4-18(11-28)23(27)9-17)14-30-7-8-31(24(33)15-30)25(34)21-10-20(5-6-22(21)26)37-38(2,35)36/h3-6,9-10,12H,7-8,13-15H2,1-2H3. The van der Waals surface area contributed by atoms with Gasteiger partial charge >= 0.3 is 10.1 Å². The first-order valence-corrected chi connectivity index (χ1v) is 14.0. The number of benzene rings is 2. The van der Waals surface area contributed by atoms with Gasteiger partial charge in [0, 0.05) is 36.8 Å². The monoisotopic (exact) mass is 603 g/mol. The van der Waals surface area contributed by atoms with E-state index in [1.54, 1.807) is 18.3 Å². The van der Waals surface area contributed by atoms with Crippen molar-refractivity contribution in [3.05, 3.63) is 81.1 Å². The summed E-state index contributed by atoms with van der Waals surface area (Å²) in [5.74, 6) is -0.874. The van der Waals surface area contributed by atoms with E-state index in [0.717, 1.165) is 16.8 Å². The van der Waals surface area contributed by atoms with Crippen LogP contribution in [0.4, 0.5) is 4.39 Å². The predicted molar refractivity (Wildman–Crippen MR) is 138 cm³/mol. The van der Waals surface area contributed by atoms with Gasteiger partial charge in [-0.1, -0.05) is 6.07 Å². The Morgan fingerprint density at radius 2 is 1.97 bits per heavy atom. The molecular weight excluding hydrogens is 581 g/mol. The van der Waals surface area contributed by atoms with Crippen molar-refractivity contribution in [3.8, 4) is 11.8 Å². The minimum absolute atomic E-state index is 0.0153. The Morgan fingerprint density at radius 1 is 1.21 bits per heavy atom. The number of halogens is 2. The Bertz CT molecular complexity index is 1570. The van der Waals surface area contributed by atoms with Crippen LogP contribution in [0.3, 0.4) is 0 Å². The van der Waals surface area contributed by atoms with Crippen LogP contribution in [0.2, 0.25) is 0 Å². The number of aromatic nitrogens is 2. The average molecular weight is 604 g/mol. The Kier molecular flexibility index (Phi) is 7.96. The molecule has 10 nitrogen and oxygen atoms in total. The van der Waals surface area contributed by atoms with Gasteiger partial charge < -0.3 is 8.75 Å². The highest BCUT2D eigenvalue weighted by Gasteiger charge is 2.31. The first-order valence-electron chi connectivity index (χ1n) is 11.4. The second-order valence-corrected chi connectivity index (χ2v) is 11.2. The molecule has 0 aliphatic carbocycles. The number of hydrogen-bond donors (Lipinski definition) is 0. The van der Waals surface area contributed by atoms with Gasteiger partial charge in [-0.25, -0.2) is 9.37 Å². The van der Waals surface area contributed by atoms with Gasteiger partial charge in [-0.2, -0.15) is 13.7 Å². The van der Waals surface area contributed by atoms with Crippen LogP contribution < -0.4 is 4.18 Å². The van der Waals surface area contributed by atoms with E-state index in [-0.39, 0.29) is 30.0 Å². The van der Waals surface area contributed by atoms with Gasteiger partial charge in [0.1, 0.15) is 23.5 Å². The number of carbonyl (C=O) groups is 2. The van der Waals surface area contributed by atoms with Crippen molar-refractivity contribution >= 4 is 37.9 Å². The number of nitrogens with zero attached hydrogens (tertiary/aromatic N) is 5. The molecule has 1 aliphatic heterocycles. The molecule has 2 heterocycles. The van der Waals surface area contributed by atoms with Crippen molar-refractivity contribution < 1.29 is 26.6 Å². The Hall–Kier alpha value is -3.60. The van der Waals surface area contributed by atoms with Crippen LogP contribution >= 0.6 is 15.9 Å². The smallest absolute Gasteiger partial charge is 0.306 e.